The number of rotatable bonds is 7. The second kappa shape index (κ2) is 7.62. The fourth-order valence-electron chi connectivity index (χ4n) is 2.39. The number of carbonyl (C=O) groups excluding carboxylic acids is 3. The first kappa shape index (κ1) is 16.8. The third kappa shape index (κ3) is 4.21. The van der Waals surface area contributed by atoms with Crippen LogP contribution in [0.4, 0.5) is 4.79 Å². The average molecular weight is 319 g/mol. The number of amides is 4. The van der Waals surface area contributed by atoms with Crippen molar-refractivity contribution in [3.05, 3.63) is 29.8 Å². The number of nitrogens with one attached hydrogen (secondary N) is 2. The van der Waals surface area contributed by atoms with Gasteiger partial charge in [-0.25, -0.2) is 4.79 Å². The van der Waals surface area contributed by atoms with Gasteiger partial charge in [0.25, 0.3) is 5.91 Å². The maximum Gasteiger partial charge on any atom is 0.325 e. The second-order valence-corrected chi connectivity index (χ2v) is 5.34. The van der Waals surface area contributed by atoms with Gasteiger partial charge >= 0.3 is 6.03 Å². The van der Waals surface area contributed by atoms with E-state index < -0.39 is 12.1 Å². The summed E-state index contributed by atoms with van der Waals surface area (Å²) in [5, 5.41) is 5.29. The molecule has 0 radical (unpaired) electrons. The van der Waals surface area contributed by atoms with Crippen LogP contribution in [-0.2, 0) is 16.1 Å². The molecular formula is C16H21N3O4. The molecule has 2 N–H and O–H groups in total. The smallest absolute Gasteiger partial charge is 0.325 e. The molecule has 0 saturated carbocycles. The second-order valence-electron chi connectivity index (χ2n) is 5.34. The summed E-state index contributed by atoms with van der Waals surface area (Å²) in [7, 11) is 1.57. The molecule has 1 aliphatic heterocycles. The maximum absolute atomic E-state index is 12.0. The topological polar surface area (TPSA) is 87.7 Å². The first-order valence-corrected chi connectivity index (χ1v) is 7.56. The zero-order valence-corrected chi connectivity index (χ0v) is 13.3. The third-order valence-electron chi connectivity index (χ3n) is 3.61. The zero-order chi connectivity index (χ0) is 16.8. The minimum absolute atomic E-state index is 0.269. The molecule has 1 saturated heterocycles. The van der Waals surface area contributed by atoms with Gasteiger partial charge in [-0.05, 0) is 24.1 Å². The molecule has 0 spiro atoms. The Kier molecular flexibility index (Phi) is 5.56. The number of carbonyl (C=O) groups is 3. The quantitative estimate of drug-likeness (QED) is 0.735. The van der Waals surface area contributed by atoms with Crippen LogP contribution in [0, 0.1) is 0 Å². The lowest BCUT2D eigenvalue weighted by atomic mass is 10.2. The Labute approximate surface area is 135 Å². The number of urea groups is 1. The first-order valence-electron chi connectivity index (χ1n) is 7.56. The van der Waals surface area contributed by atoms with E-state index in [4.69, 9.17) is 4.74 Å². The summed E-state index contributed by atoms with van der Waals surface area (Å²) in [6.45, 7) is 1.97. The van der Waals surface area contributed by atoms with E-state index >= 15 is 0 Å². The summed E-state index contributed by atoms with van der Waals surface area (Å²) < 4.78 is 5.11. The monoisotopic (exact) mass is 319 g/mol. The number of methoxy groups -OCH3 is 1. The molecule has 1 aromatic carbocycles. The Balaban J connectivity index is 1.87. The number of nitrogens with zero attached hydrogens (tertiary/aromatic N) is 1. The Morgan fingerprint density at radius 1 is 1.39 bits per heavy atom. The van der Waals surface area contributed by atoms with E-state index in [1.165, 1.54) is 0 Å². The van der Waals surface area contributed by atoms with Crippen LogP contribution in [0.15, 0.2) is 24.3 Å². The highest BCUT2D eigenvalue weighted by Crippen LogP contribution is 2.13. The lowest BCUT2D eigenvalue weighted by Gasteiger charge is -2.13. The van der Waals surface area contributed by atoms with Crippen LogP contribution in [0.25, 0.3) is 0 Å². The summed E-state index contributed by atoms with van der Waals surface area (Å²) in [6, 6.07) is 6.28. The van der Waals surface area contributed by atoms with E-state index in [2.05, 4.69) is 10.6 Å². The molecule has 1 fully saturated rings. The fourth-order valence-corrected chi connectivity index (χ4v) is 2.39. The molecule has 0 bridgehead atoms. The van der Waals surface area contributed by atoms with Gasteiger partial charge in [-0.3, -0.25) is 14.5 Å². The molecule has 1 unspecified atom stereocenters. The largest absolute Gasteiger partial charge is 0.497 e. The van der Waals surface area contributed by atoms with Crippen molar-refractivity contribution in [1.29, 1.82) is 0 Å². The van der Waals surface area contributed by atoms with Gasteiger partial charge in [0.1, 0.15) is 18.3 Å². The van der Waals surface area contributed by atoms with Crippen LogP contribution in [0.1, 0.15) is 25.3 Å². The molecule has 4 amide bonds. The van der Waals surface area contributed by atoms with Gasteiger partial charge in [-0.2, -0.15) is 0 Å². The normalized spacial score (nSPS) is 17.1. The van der Waals surface area contributed by atoms with Crippen LogP contribution in [0.3, 0.4) is 0 Å². The van der Waals surface area contributed by atoms with Gasteiger partial charge in [-0.15, -0.1) is 0 Å². The average Bonchev–Trinajstić information content (AvgIpc) is 2.81. The molecule has 1 atom stereocenters. The van der Waals surface area contributed by atoms with Crippen LogP contribution in [-0.4, -0.2) is 42.4 Å². The number of ether oxygens (including phenoxy) is 1. The lowest BCUT2D eigenvalue weighted by Crippen LogP contribution is -2.41. The van der Waals surface area contributed by atoms with E-state index in [-0.39, 0.29) is 18.4 Å². The molecule has 1 aliphatic rings. The Morgan fingerprint density at radius 3 is 2.87 bits per heavy atom. The van der Waals surface area contributed by atoms with E-state index in [9.17, 15) is 14.4 Å². The van der Waals surface area contributed by atoms with E-state index in [1.54, 1.807) is 7.11 Å². The molecule has 7 nitrogen and oxygen atoms in total. The van der Waals surface area contributed by atoms with E-state index in [1.807, 2.05) is 31.2 Å². The van der Waals surface area contributed by atoms with Gasteiger partial charge in [0, 0.05) is 6.54 Å². The van der Waals surface area contributed by atoms with Crippen LogP contribution < -0.4 is 15.4 Å². The summed E-state index contributed by atoms with van der Waals surface area (Å²) >= 11 is 0. The molecule has 0 aliphatic carbocycles. The molecule has 0 aromatic heterocycles. The molecule has 2 rings (SSSR count). The van der Waals surface area contributed by atoms with Crippen LogP contribution in [0.2, 0.25) is 0 Å². The molecule has 7 heteroatoms. The molecular weight excluding hydrogens is 298 g/mol. The summed E-state index contributed by atoms with van der Waals surface area (Å²) in [4.78, 5) is 36.7. The van der Waals surface area contributed by atoms with Crippen LogP contribution in [0.5, 0.6) is 5.75 Å². The van der Waals surface area contributed by atoms with Crippen molar-refractivity contribution in [2.24, 2.45) is 0 Å². The van der Waals surface area contributed by atoms with Crippen LogP contribution >= 0.6 is 0 Å². The highest BCUT2D eigenvalue weighted by atomic mass is 16.5. The Morgan fingerprint density at radius 2 is 2.17 bits per heavy atom. The summed E-state index contributed by atoms with van der Waals surface area (Å²) in [5.74, 6) is -0.0184. The molecule has 124 valence electrons. The lowest BCUT2D eigenvalue weighted by molar-refractivity contribution is -0.132. The highest BCUT2D eigenvalue weighted by Gasteiger charge is 2.38. The number of imide groups is 1. The van der Waals surface area contributed by atoms with Crippen molar-refractivity contribution in [2.75, 3.05) is 13.7 Å². The van der Waals surface area contributed by atoms with Crippen molar-refractivity contribution in [3.63, 3.8) is 0 Å². The maximum atomic E-state index is 12.0. The van der Waals surface area contributed by atoms with Crippen molar-refractivity contribution in [2.45, 2.75) is 32.4 Å². The van der Waals surface area contributed by atoms with Gasteiger partial charge in [0.15, 0.2) is 0 Å². The molecule has 23 heavy (non-hydrogen) atoms. The summed E-state index contributed by atoms with van der Waals surface area (Å²) in [6.07, 6.45) is 1.36. The number of hydrogen-bond acceptors (Lipinski definition) is 4. The van der Waals surface area contributed by atoms with Gasteiger partial charge < -0.3 is 15.4 Å². The van der Waals surface area contributed by atoms with Gasteiger partial charge in [0.05, 0.1) is 7.11 Å². The minimum Gasteiger partial charge on any atom is -0.497 e. The predicted molar refractivity (Wildman–Crippen MR) is 83.8 cm³/mol. The molecule has 1 heterocycles. The van der Waals surface area contributed by atoms with E-state index in [0.717, 1.165) is 16.9 Å². The van der Waals surface area contributed by atoms with Gasteiger partial charge in [0.2, 0.25) is 5.91 Å². The van der Waals surface area contributed by atoms with Crippen molar-refractivity contribution in [1.82, 2.24) is 15.5 Å². The van der Waals surface area contributed by atoms with Gasteiger partial charge in [-0.1, -0.05) is 25.5 Å². The SMILES string of the molecule is CCCC1NC(=O)N(CC(=O)NCc2cccc(OC)c2)C1=O. The third-order valence-corrected chi connectivity index (χ3v) is 3.61. The Bertz CT molecular complexity index is 603. The standard InChI is InChI=1S/C16H21N3O4/c1-3-5-13-15(21)19(16(22)18-13)10-14(20)17-9-11-6-4-7-12(8-11)23-2/h4,6-8,13H,3,5,9-10H2,1-2H3,(H,17,20)(H,18,22). The Hall–Kier alpha value is -2.57. The molecule has 1 aromatic rings. The number of benzene rings is 1. The summed E-state index contributed by atoms with van der Waals surface area (Å²) in [5.41, 5.74) is 0.874. The fraction of sp³-hybridized carbons (Fsp3) is 0.438. The van der Waals surface area contributed by atoms with E-state index in [0.29, 0.717) is 18.7 Å². The highest BCUT2D eigenvalue weighted by molar-refractivity contribution is 6.06. The van der Waals surface area contributed by atoms with Crippen molar-refractivity contribution in [3.8, 4) is 5.75 Å². The van der Waals surface area contributed by atoms with Crippen molar-refractivity contribution >= 4 is 17.8 Å². The van der Waals surface area contributed by atoms with Crippen molar-refractivity contribution < 1.29 is 19.1 Å². The minimum atomic E-state index is -0.515. The zero-order valence-electron chi connectivity index (χ0n) is 13.3. The predicted octanol–water partition coefficient (Wildman–Crippen LogP) is 1.03. The first-order chi connectivity index (χ1) is 11.0. The number of hydrogen-bond donors (Lipinski definition) is 2.